The quantitative estimate of drug-likeness (QED) is 0.590. The lowest BCUT2D eigenvalue weighted by atomic mass is 9.88. The van der Waals surface area contributed by atoms with Crippen molar-refractivity contribution < 1.29 is 9.21 Å². The summed E-state index contributed by atoms with van der Waals surface area (Å²) in [6, 6.07) is 15.0. The van der Waals surface area contributed by atoms with Crippen LogP contribution in [0.2, 0.25) is 0 Å². The molecule has 2 aromatic carbocycles. The van der Waals surface area contributed by atoms with Gasteiger partial charge in [0, 0.05) is 12.5 Å². The molecular formula is C24H26N4O3. The molecule has 0 saturated carbocycles. The number of H-pyrrole nitrogens is 1. The fraction of sp³-hybridized carbons (Fsp3) is 0.375. The van der Waals surface area contributed by atoms with E-state index in [4.69, 9.17) is 4.42 Å². The summed E-state index contributed by atoms with van der Waals surface area (Å²) in [6.07, 6.45) is 2.50. The van der Waals surface area contributed by atoms with E-state index >= 15 is 0 Å². The maximum Gasteiger partial charge on any atom is 0.417 e. The lowest BCUT2D eigenvalue weighted by Crippen LogP contribution is -2.55. The number of aromatic nitrogens is 1. The Bertz CT molecular complexity index is 1170. The number of fused-ring (bicyclic) bond motifs is 1. The van der Waals surface area contributed by atoms with Crippen LogP contribution in [-0.4, -0.2) is 29.0 Å². The second kappa shape index (κ2) is 8.78. The summed E-state index contributed by atoms with van der Waals surface area (Å²) in [5, 5.41) is 15.8. The number of carbonyl (C=O) groups is 1. The van der Waals surface area contributed by atoms with E-state index in [0.29, 0.717) is 23.6 Å². The highest BCUT2D eigenvalue weighted by molar-refractivity contribution is 5.83. The number of benzene rings is 2. The monoisotopic (exact) mass is 418 g/mol. The van der Waals surface area contributed by atoms with Crippen LogP contribution in [0.25, 0.3) is 22.2 Å². The number of piperidine rings is 1. The van der Waals surface area contributed by atoms with E-state index in [2.05, 4.69) is 35.5 Å². The smallest absolute Gasteiger partial charge is 0.408 e. The molecule has 2 heterocycles. The van der Waals surface area contributed by atoms with Gasteiger partial charge in [-0.1, -0.05) is 37.3 Å². The molecule has 7 nitrogen and oxygen atoms in total. The van der Waals surface area contributed by atoms with Crippen LogP contribution in [0.4, 0.5) is 0 Å². The standard InChI is InChI=1S/C24H26N4O3/c1-14-3-4-15(2)26-22(14)23(29)27-19(13-25)11-16-5-7-17(8-6-16)18-9-10-21-20(12-18)28-24(30)31-21/h5-10,12,14-15,19,22,26H,3-4,11H2,1-2H3,(H,27,29)(H,28,30)/t14-,15+,19+,22+/m1/s1. The molecule has 1 aliphatic heterocycles. The van der Waals surface area contributed by atoms with Crippen LogP contribution in [-0.2, 0) is 11.2 Å². The highest BCUT2D eigenvalue weighted by Crippen LogP contribution is 2.24. The molecule has 1 saturated heterocycles. The van der Waals surface area contributed by atoms with Gasteiger partial charge in [-0.15, -0.1) is 0 Å². The van der Waals surface area contributed by atoms with Crippen LogP contribution in [0, 0.1) is 17.2 Å². The van der Waals surface area contributed by atoms with E-state index in [9.17, 15) is 14.9 Å². The zero-order valence-electron chi connectivity index (χ0n) is 17.6. The largest absolute Gasteiger partial charge is 0.417 e. The summed E-state index contributed by atoms with van der Waals surface area (Å²) in [5.74, 6) is -0.332. The van der Waals surface area contributed by atoms with Gasteiger partial charge < -0.3 is 15.1 Å². The van der Waals surface area contributed by atoms with Crippen molar-refractivity contribution in [2.24, 2.45) is 5.92 Å². The van der Waals surface area contributed by atoms with Gasteiger partial charge >= 0.3 is 5.76 Å². The van der Waals surface area contributed by atoms with Gasteiger partial charge in [0.25, 0.3) is 0 Å². The first-order valence-corrected chi connectivity index (χ1v) is 10.6. The maximum atomic E-state index is 12.7. The molecule has 3 N–H and O–H groups in total. The van der Waals surface area contributed by atoms with E-state index in [1.54, 1.807) is 6.07 Å². The third kappa shape index (κ3) is 4.70. The second-order valence-corrected chi connectivity index (χ2v) is 8.42. The molecule has 3 aromatic rings. The second-order valence-electron chi connectivity index (χ2n) is 8.42. The summed E-state index contributed by atoms with van der Waals surface area (Å²) in [5.41, 5.74) is 4.08. The van der Waals surface area contributed by atoms with Gasteiger partial charge in [0.2, 0.25) is 5.91 Å². The zero-order chi connectivity index (χ0) is 22.0. The average Bonchev–Trinajstić information content (AvgIpc) is 3.14. The Morgan fingerprint density at radius 1 is 1.19 bits per heavy atom. The summed E-state index contributed by atoms with van der Waals surface area (Å²) < 4.78 is 5.04. The van der Waals surface area contributed by atoms with Crippen LogP contribution in [0.15, 0.2) is 51.7 Å². The molecule has 1 aliphatic rings. The Labute approximate surface area is 180 Å². The average molecular weight is 418 g/mol. The number of oxazole rings is 1. The fourth-order valence-corrected chi connectivity index (χ4v) is 4.16. The summed E-state index contributed by atoms with van der Waals surface area (Å²) >= 11 is 0. The first kappa shape index (κ1) is 20.9. The fourth-order valence-electron chi connectivity index (χ4n) is 4.16. The Morgan fingerprint density at radius 2 is 1.94 bits per heavy atom. The first-order valence-electron chi connectivity index (χ1n) is 10.6. The van der Waals surface area contributed by atoms with Crippen molar-refractivity contribution in [3.8, 4) is 17.2 Å². The molecule has 0 radical (unpaired) electrons. The summed E-state index contributed by atoms with van der Waals surface area (Å²) in [7, 11) is 0. The highest BCUT2D eigenvalue weighted by atomic mass is 16.4. The molecule has 7 heteroatoms. The lowest BCUT2D eigenvalue weighted by molar-refractivity contribution is -0.125. The van der Waals surface area contributed by atoms with E-state index in [1.165, 1.54) is 0 Å². The molecular weight excluding hydrogens is 392 g/mol. The van der Waals surface area contributed by atoms with E-state index in [0.717, 1.165) is 29.5 Å². The lowest BCUT2D eigenvalue weighted by Gasteiger charge is -2.33. The van der Waals surface area contributed by atoms with E-state index in [1.807, 2.05) is 36.4 Å². The van der Waals surface area contributed by atoms with Crippen LogP contribution in [0.3, 0.4) is 0 Å². The number of carbonyl (C=O) groups excluding carboxylic acids is 1. The number of aromatic amines is 1. The molecule has 0 spiro atoms. The molecule has 0 aliphatic carbocycles. The normalized spacial score (nSPS) is 22.0. The summed E-state index contributed by atoms with van der Waals surface area (Å²) in [6.45, 7) is 4.15. The highest BCUT2D eigenvalue weighted by Gasteiger charge is 2.31. The minimum Gasteiger partial charge on any atom is -0.408 e. The van der Waals surface area contributed by atoms with Crippen LogP contribution < -0.4 is 16.4 Å². The van der Waals surface area contributed by atoms with Crippen molar-refractivity contribution in [2.75, 3.05) is 0 Å². The van der Waals surface area contributed by atoms with Crippen molar-refractivity contribution in [1.82, 2.24) is 15.6 Å². The van der Waals surface area contributed by atoms with Crippen LogP contribution >= 0.6 is 0 Å². The SMILES string of the molecule is C[C@@H]1CC[C@H](C)N[C@@H]1C(=O)N[C@H](C#N)Cc1ccc(-c2ccc3oc(=O)[nH]c3c2)cc1. The number of nitriles is 1. The number of rotatable bonds is 5. The molecule has 0 bridgehead atoms. The van der Waals surface area contributed by atoms with Crippen molar-refractivity contribution in [3.63, 3.8) is 0 Å². The van der Waals surface area contributed by atoms with Crippen LogP contribution in [0.5, 0.6) is 0 Å². The van der Waals surface area contributed by atoms with Gasteiger partial charge in [0.15, 0.2) is 5.58 Å². The third-order valence-electron chi connectivity index (χ3n) is 5.99. The van der Waals surface area contributed by atoms with Crippen molar-refractivity contribution in [3.05, 3.63) is 58.6 Å². The maximum absolute atomic E-state index is 12.7. The number of amides is 1. The van der Waals surface area contributed by atoms with Crippen molar-refractivity contribution >= 4 is 17.0 Å². The predicted molar refractivity (Wildman–Crippen MR) is 118 cm³/mol. The van der Waals surface area contributed by atoms with Gasteiger partial charge in [0.1, 0.15) is 6.04 Å². The zero-order valence-corrected chi connectivity index (χ0v) is 17.6. The minimum atomic E-state index is -0.586. The Morgan fingerprint density at radius 3 is 2.68 bits per heavy atom. The molecule has 0 unspecified atom stereocenters. The molecule has 1 fully saturated rings. The molecule has 1 aromatic heterocycles. The van der Waals surface area contributed by atoms with E-state index in [-0.39, 0.29) is 17.9 Å². The molecule has 31 heavy (non-hydrogen) atoms. The number of hydrogen-bond acceptors (Lipinski definition) is 5. The summed E-state index contributed by atoms with van der Waals surface area (Å²) in [4.78, 5) is 26.7. The Hall–Kier alpha value is -3.37. The molecule has 1 amide bonds. The molecule has 4 atom stereocenters. The first-order chi connectivity index (χ1) is 14.9. The van der Waals surface area contributed by atoms with Gasteiger partial charge in [-0.25, -0.2) is 4.79 Å². The van der Waals surface area contributed by atoms with Crippen molar-refractivity contribution in [2.45, 2.75) is 51.2 Å². The number of hydrogen-bond donors (Lipinski definition) is 3. The molecule has 4 rings (SSSR count). The Kier molecular flexibility index (Phi) is 5.92. The number of nitrogens with one attached hydrogen (secondary N) is 3. The van der Waals surface area contributed by atoms with Gasteiger partial charge in [-0.3, -0.25) is 9.78 Å². The third-order valence-corrected chi connectivity index (χ3v) is 5.99. The van der Waals surface area contributed by atoms with Gasteiger partial charge in [0.05, 0.1) is 17.6 Å². The van der Waals surface area contributed by atoms with E-state index < -0.39 is 11.8 Å². The topological polar surface area (TPSA) is 111 Å². The minimum absolute atomic E-state index is 0.107. The predicted octanol–water partition coefficient (Wildman–Crippen LogP) is 3.12. The molecule has 160 valence electrons. The van der Waals surface area contributed by atoms with Crippen molar-refractivity contribution in [1.29, 1.82) is 5.26 Å². The van der Waals surface area contributed by atoms with Crippen LogP contribution in [0.1, 0.15) is 32.3 Å². The van der Waals surface area contributed by atoms with Gasteiger partial charge in [-0.05, 0) is 54.5 Å². The Balaban J connectivity index is 1.42. The number of nitrogens with zero attached hydrogens (tertiary/aromatic N) is 1. The van der Waals surface area contributed by atoms with Gasteiger partial charge in [-0.2, -0.15) is 5.26 Å².